The van der Waals surface area contributed by atoms with Gasteiger partial charge in [0.2, 0.25) is 0 Å². The van der Waals surface area contributed by atoms with Crippen molar-refractivity contribution in [2.24, 2.45) is 0 Å². The van der Waals surface area contributed by atoms with Gasteiger partial charge in [0, 0.05) is 6.04 Å². The molecular formula is C19H23N. The molecule has 0 saturated heterocycles. The summed E-state index contributed by atoms with van der Waals surface area (Å²) in [6.45, 7) is 8.50. The van der Waals surface area contributed by atoms with Gasteiger partial charge in [-0.3, -0.25) is 5.32 Å². The summed E-state index contributed by atoms with van der Waals surface area (Å²) in [6.07, 6.45) is 1.11. The fourth-order valence-corrected chi connectivity index (χ4v) is 3.70. The van der Waals surface area contributed by atoms with Crippen LogP contribution in [0.15, 0.2) is 42.5 Å². The van der Waals surface area contributed by atoms with E-state index in [1.165, 1.54) is 27.8 Å². The Bertz CT molecular complexity index is 644. The summed E-state index contributed by atoms with van der Waals surface area (Å²) >= 11 is 0. The molecule has 4 rings (SSSR count). The topological polar surface area (TPSA) is 12.0 Å². The third-order valence-corrected chi connectivity index (χ3v) is 4.57. The van der Waals surface area contributed by atoms with Crippen LogP contribution in [0.3, 0.4) is 0 Å². The molecule has 1 nitrogen and oxygen atoms in total. The molecule has 2 heterocycles. The number of hydrogen-bond donors (Lipinski definition) is 1. The summed E-state index contributed by atoms with van der Waals surface area (Å²) in [6, 6.07) is 16.2. The first kappa shape index (κ1) is 13.4. The maximum Gasteiger partial charge on any atom is 0.0672 e. The van der Waals surface area contributed by atoms with Crippen molar-refractivity contribution in [3.8, 4) is 0 Å². The molecule has 0 aliphatic carbocycles. The monoisotopic (exact) mass is 265 g/mol. The number of nitrogens with one attached hydrogen (secondary N) is 1. The van der Waals surface area contributed by atoms with Crippen LogP contribution in [0.2, 0.25) is 0 Å². The van der Waals surface area contributed by atoms with Crippen molar-refractivity contribution in [2.45, 2.75) is 45.7 Å². The first-order valence-electron chi connectivity index (χ1n) is 7.65. The molecule has 2 aliphatic heterocycles. The van der Waals surface area contributed by atoms with Gasteiger partial charge in [-0.1, -0.05) is 61.9 Å². The van der Waals surface area contributed by atoms with Gasteiger partial charge in [0.15, 0.2) is 0 Å². The molecule has 2 aromatic rings. The molecule has 2 atom stereocenters. The normalized spacial score (nSPS) is 25.3. The fourth-order valence-electron chi connectivity index (χ4n) is 3.70. The molecule has 1 N–H and O–H groups in total. The van der Waals surface area contributed by atoms with Crippen LogP contribution < -0.4 is 5.32 Å². The number of rotatable bonds is 0. The Balaban J connectivity index is 0.000000581. The Kier molecular flexibility index (Phi) is 3.18. The molecule has 0 amide bonds. The minimum absolute atomic E-state index is 0.000856. The van der Waals surface area contributed by atoms with E-state index in [2.05, 4.69) is 61.6 Å². The number of fused-ring (bicyclic) bond motifs is 7. The van der Waals surface area contributed by atoms with Gasteiger partial charge in [0.05, 0.1) is 5.54 Å². The van der Waals surface area contributed by atoms with E-state index in [1.807, 2.05) is 13.8 Å². The molecule has 0 fully saturated rings. The zero-order valence-electron chi connectivity index (χ0n) is 12.8. The quantitative estimate of drug-likeness (QED) is 0.740. The van der Waals surface area contributed by atoms with Gasteiger partial charge >= 0.3 is 0 Å². The molecular weight excluding hydrogens is 242 g/mol. The fraction of sp³-hybridized carbons (Fsp3) is 0.368. The lowest BCUT2D eigenvalue weighted by atomic mass is 9.81. The highest BCUT2D eigenvalue weighted by molar-refractivity contribution is 5.55. The van der Waals surface area contributed by atoms with Crippen LogP contribution in [0.4, 0.5) is 0 Å². The molecule has 0 radical (unpaired) electrons. The average Bonchev–Trinajstić information content (AvgIpc) is 2.73. The average molecular weight is 265 g/mol. The smallest absolute Gasteiger partial charge is 0.0672 e. The van der Waals surface area contributed by atoms with E-state index in [-0.39, 0.29) is 5.54 Å². The van der Waals surface area contributed by atoms with E-state index < -0.39 is 0 Å². The van der Waals surface area contributed by atoms with E-state index in [9.17, 15) is 0 Å². The minimum atomic E-state index is 0.000856. The lowest BCUT2D eigenvalue weighted by Gasteiger charge is -2.34. The molecule has 2 aromatic carbocycles. The Morgan fingerprint density at radius 2 is 1.80 bits per heavy atom. The molecule has 2 unspecified atom stereocenters. The Morgan fingerprint density at radius 1 is 1.05 bits per heavy atom. The predicted octanol–water partition coefficient (Wildman–Crippen LogP) is 4.49. The Hall–Kier alpha value is -1.60. The van der Waals surface area contributed by atoms with Crippen molar-refractivity contribution in [2.75, 3.05) is 0 Å². The second-order valence-electron chi connectivity index (χ2n) is 5.77. The van der Waals surface area contributed by atoms with Crippen LogP contribution in [-0.4, -0.2) is 0 Å². The van der Waals surface area contributed by atoms with Gasteiger partial charge < -0.3 is 0 Å². The standard InChI is InChI=1S/C17H17N.C2H6/c1-11-7-8-12-10-16-13-5-3-4-6-14(13)17(2,18-16)15(12)9-11;1-2/h3-9,16,18H,10H2,1-2H3;1-2H3. The van der Waals surface area contributed by atoms with Gasteiger partial charge in [0.1, 0.15) is 0 Å². The zero-order chi connectivity index (χ0) is 14.3. The van der Waals surface area contributed by atoms with Crippen LogP contribution in [0.1, 0.15) is 54.6 Å². The van der Waals surface area contributed by atoms with E-state index in [1.54, 1.807) is 0 Å². The van der Waals surface area contributed by atoms with Gasteiger partial charge in [-0.2, -0.15) is 0 Å². The third kappa shape index (κ3) is 1.73. The molecule has 0 aromatic heterocycles. The summed E-state index contributed by atoms with van der Waals surface area (Å²) in [4.78, 5) is 0. The number of aryl methyl sites for hydroxylation is 1. The van der Waals surface area contributed by atoms with Crippen LogP contribution in [0, 0.1) is 6.92 Å². The molecule has 20 heavy (non-hydrogen) atoms. The lowest BCUT2D eigenvalue weighted by molar-refractivity contribution is 0.388. The first-order chi connectivity index (χ1) is 9.68. The van der Waals surface area contributed by atoms with Crippen molar-refractivity contribution in [1.29, 1.82) is 0 Å². The van der Waals surface area contributed by atoms with Crippen molar-refractivity contribution < 1.29 is 0 Å². The summed E-state index contributed by atoms with van der Waals surface area (Å²) in [5.74, 6) is 0. The highest BCUT2D eigenvalue weighted by Gasteiger charge is 2.45. The van der Waals surface area contributed by atoms with Crippen LogP contribution in [-0.2, 0) is 12.0 Å². The van der Waals surface area contributed by atoms with E-state index in [0.29, 0.717) is 6.04 Å². The van der Waals surface area contributed by atoms with Crippen LogP contribution >= 0.6 is 0 Å². The highest BCUT2D eigenvalue weighted by atomic mass is 15.1. The van der Waals surface area contributed by atoms with Gasteiger partial charge in [-0.15, -0.1) is 0 Å². The van der Waals surface area contributed by atoms with Crippen molar-refractivity contribution >= 4 is 0 Å². The first-order valence-corrected chi connectivity index (χ1v) is 7.65. The van der Waals surface area contributed by atoms with Crippen molar-refractivity contribution in [3.05, 3.63) is 70.3 Å². The number of benzene rings is 2. The molecule has 0 spiro atoms. The van der Waals surface area contributed by atoms with Crippen LogP contribution in [0.25, 0.3) is 0 Å². The molecule has 2 aliphatic rings. The van der Waals surface area contributed by atoms with Crippen LogP contribution in [0.5, 0.6) is 0 Å². The number of hydrogen-bond acceptors (Lipinski definition) is 1. The maximum atomic E-state index is 3.82. The zero-order valence-corrected chi connectivity index (χ0v) is 12.8. The summed E-state index contributed by atoms with van der Waals surface area (Å²) < 4.78 is 0. The third-order valence-electron chi connectivity index (χ3n) is 4.57. The lowest BCUT2D eigenvalue weighted by Crippen LogP contribution is -2.41. The summed E-state index contributed by atoms with van der Waals surface area (Å²) in [7, 11) is 0. The maximum absolute atomic E-state index is 3.82. The highest BCUT2D eigenvalue weighted by Crippen LogP contribution is 2.48. The summed E-state index contributed by atoms with van der Waals surface area (Å²) in [5, 5.41) is 3.82. The molecule has 0 saturated carbocycles. The second kappa shape index (κ2) is 4.75. The van der Waals surface area contributed by atoms with Crippen molar-refractivity contribution in [3.63, 3.8) is 0 Å². The summed E-state index contributed by atoms with van der Waals surface area (Å²) in [5.41, 5.74) is 7.25. The molecule has 104 valence electrons. The van der Waals surface area contributed by atoms with Gasteiger partial charge in [-0.25, -0.2) is 0 Å². The Labute approximate surface area is 122 Å². The SMILES string of the molecule is CC.Cc1ccc2c(c1)C1(C)NC(C2)c2ccccc21. The predicted molar refractivity (Wildman–Crippen MR) is 85.0 cm³/mol. The van der Waals surface area contributed by atoms with Gasteiger partial charge in [0.25, 0.3) is 0 Å². The minimum Gasteiger partial charge on any atom is -0.297 e. The van der Waals surface area contributed by atoms with Gasteiger partial charge in [-0.05, 0) is 42.5 Å². The van der Waals surface area contributed by atoms with E-state index >= 15 is 0 Å². The molecule has 2 bridgehead atoms. The Morgan fingerprint density at radius 3 is 2.60 bits per heavy atom. The van der Waals surface area contributed by atoms with E-state index in [0.717, 1.165) is 6.42 Å². The second-order valence-corrected chi connectivity index (χ2v) is 5.77. The molecule has 1 heteroatoms. The van der Waals surface area contributed by atoms with E-state index in [4.69, 9.17) is 0 Å². The van der Waals surface area contributed by atoms with Crippen molar-refractivity contribution in [1.82, 2.24) is 5.32 Å². The largest absolute Gasteiger partial charge is 0.297 e.